The average molecular weight is 879 g/mol. The second-order valence-corrected chi connectivity index (χ2v) is 19.6. The molecule has 0 aromatic heterocycles. The topological polar surface area (TPSA) is 95.9 Å². The average Bonchev–Trinajstić information content (AvgIpc) is 3.27. The lowest BCUT2D eigenvalue weighted by atomic mass is 10.0. The van der Waals surface area contributed by atoms with E-state index >= 15 is 0 Å². The van der Waals surface area contributed by atoms with E-state index in [4.69, 9.17) is 4.74 Å². The number of hydrogen-bond acceptors (Lipinski definition) is 5. The maximum absolute atomic E-state index is 12.5. The molecule has 0 spiro atoms. The van der Waals surface area contributed by atoms with Gasteiger partial charge in [0.25, 0.3) is 0 Å². The number of carbonyl (C=O) groups excluding carboxylic acids is 2. The number of rotatable bonds is 53. The predicted molar refractivity (Wildman–Crippen MR) is 269 cm³/mol. The number of esters is 1. The standard InChI is InChI=1S/C56H111NO5/c1-3-5-7-9-11-13-15-17-19-21-23-24-26-28-32-36-40-44-48-54(59)53(52-58)57-55(60)49-45-41-37-33-30-31-35-39-43-47-51-62-56(61)50-46-42-38-34-29-27-25-22-20-18-16-14-12-10-8-6-4-2/h53-54,58-59H,3-52H2,1-2H3,(H,57,60). The SMILES string of the molecule is CCCCCCCCCCCCCCCCCCCCC(O)C(CO)NC(=O)CCCCCCCCCCCCOC(=O)CCCCCCCCCCCCCCCCCCC. The monoisotopic (exact) mass is 878 g/mol. The minimum atomic E-state index is -0.677. The van der Waals surface area contributed by atoms with E-state index in [1.54, 1.807) is 0 Å². The third kappa shape index (κ3) is 48.3. The molecule has 2 atom stereocenters. The van der Waals surface area contributed by atoms with E-state index in [1.165, 1.54) is 231 Å². The van der Waals surface area contributed by atoms with Gasteiger partial charge in [0, 0.05) is 12.8 Å². The van der Waals surface area contributed by atoms with Crippen LogP contribution in [0.4, 0.5) is 0 Å². The zero-order valence-corrected chi connectivity index (χ0v) is 42.1. The van der Waals surface area contributed by atoms with Crippen LogP contribution in [0.3, 0.4) is 0 Å². The Labute approximate surface area is 387 Å². The largest absolute Gasteiger partial charge is 0.466 e. The molecule has 0 bridgehead atoms. The number of ether oxygens (including phenoxy) is 1. The lowest BCUT2D eigenvalue weighted by molar-refractivity contribution is -0.143. The molecule has 3 N–H and O–H groups in total. The number of unbranched alkanes of at least 4 members (excludes halogenated alkanes) is 42. The van der Waals surface area contributed by atoms with Gasteiger partial charge in [0.15, 0.2) is 0 Å². The highest BCUT2D eigenvalue weighted by Gasteiger charge is 2.20. The molecule has 0 aliphatic rings. The van der Waals surface area contributed by atoms with E-state index in [0.29, 0.717) is 25.9 Å². The van der Waals surface area contributed by atoms with Crippen molar-refractivity contribution in [1.82, 2.24) is 5.32 Å². The van der Waals surface area contributed by atoms with Crippen LogP contribution in [0.1, 0.15) is 322 Å². The molecule has 1 amide bonds. The zero-order chi connectivity index (χ0) is 45.1. The van der Waals surface area contributed by atoms with Crippen molar-refractivity contribution >= 4 is 11.9 Å². The van der Waals surface area contributed by atoms with E-state index < -0.39 is 12.1 Å². The lowest BCUT2D eigenvalue weighted by Gasteiger charge is -2.22. The van der Waals surface area contributed by atoms with Gasteiger partial charge >= 0.3 is 5.97 Å². The third-order valence-electron chi connectivity index (χ3n) is 13.4. The molecule has 0 aliphatic carbocycles. The number of aliphatic hydroxyl groups excluding tert-OH is 2. The summed E-state index contributed by atoms with van der Waals surface area (Å²) in [5, 5.41) is 23.3. The molecule has 0 heterocycles. The van der Waals surface area contributed by atoms with Crippen molar-refractivity contribution in [2.24, 2.45) is 0 Å². The molecule has 2 unspecified atom stereocenters. The smallest absolute Gasteiger partial charge is 0.305 e. The van der Waals surface area contributed by atoms with Crippen LogP contribution in [0, 0.1) is 0 Å². The second-order valence-electron chi connectivity index (χ2n) is 19.6. The van der Waals surface area contributed by atoms with Crippen LogP contribution in [-0.4, -0.2) is 47.4 Å². The molecule has 0 saturated carbocycles. The van der Waals surface area contributed by atoms with Gasteiger partial charge < -0.3 is 20.3 Å². The van der Waals surface area contributed by atoms with E-state index in [9.17, 15) is 19.8 Å². The van der Waals surface area contributed by atoms with Crippen molar-refractivity contribution < 1.29 is 24.5 Å². The Hall–Kier alpha value is -1.14. The molecule has 6 nitrogen and oxygen atoms in total. The van der Waals surface area contributed by atoms with Crippen LogP contribution >= 0.6 is 0 Å². The summed E-state index contributed by atoms with van der Waals surface area (Å²) in [6.45, 7) is 4.93. The van der Waals surface area contributed by atoms with Crippen LogP contribution in [0.5, 0.6) is 0 Å². The van der Waals surface area contributed by atoms with Crippen molar-refractivity contribution in [3.8, 4) is 0 Å². The maximum atomic E-state index is 12.5. The van der Waals surface area contributed by atoms with E-state index in [1.807, 2.05) is 0 Å². The first kappa shape index (κ1) is 60.9. The summed E-state index contributed by atoms with van der Waals surface area (Å²) in [6.07, 6.45) is 59.4. The summed E-state index contributed by atoms with van der Waals surface area (Å²) >= 11 is 0. The van der Waals surface area contributed by atoms with Crippen molar-refractivity contribution in [2.45, 2.75) is 334 Å². The number of hydrogen-bond donors (Lipinski definition) is 3. The zero-order valence-electron chi connectivity index (χ0n) is 42.1. The van der Waals surface area contributed by atoms with Gasteiger partial charge in [0.05, 0.1) is 25.4 Å². The van der Waals surface area contributed by atoms with Crippen molar-refractivity contribution in [3.63, 3.8) is 0 Å². The Morgan fingerprint density at radius 2 is 0.661 bits per heavy atom. The van der Waals surface area contributed by atoms with Gasteiger partial charge in [0.1, 0.15) is 0 Å². The van der Waals surface area contributed by atoms with Crippen molar-refractivity contribution in [1.29, 1.82) is 0 Å². The first-order valence-electron chi connectivity index (χ1n) is 28.3. The van der Waals surface area contributed by atoms with Crippen molar-refractivity contribution in [3.05, 3.63) is 0 Å². The fourth-order valence-electron chi connectivity index (χ4n) is 9.05. The molecular formula is C56H111NO5. The van der Waals surface area contributed by atoms with Crippen LogP contribution in [0.25, 0.3) is 0 Å². The summed E-state index contributed by atoms with van der Waals surface area (Å²) in [4.78, 5) is 24.6. The minimum Gasteiger partial charge on any atom is -0.466 e. The van der Waals surface area contributed by atoms with E-state index in [-0.39, 0.29) is 18.5 Å². The Bertz CT molecular complexity index is 882. The molecule has 370 valence electrons. The van der Waals surface area contributed by atoms with Crippen molar-refractivity contribution in [2.75, 3.05) is 13.2 Å². The number of carbonyl (C=O) groups is 2. The summed E-state index contributed by atoms with van der Waals surface area (Å²) < 4.78 is 5.47. The summed E-state index contributed by atoms with van der Waals surface area (Å²) in [5.74, 6) is -0.0673. The predicted octanol–water partition coefficient (Wildman–Crippen LogP) is 17.1. The molecule has 0 aromatic rings. The van der Waals surface area contributed by atoms with Gasteiger partial charge in [0.2, 0.25) is 5.91 Å². The van der Waals surface area contributed by atoms with Crippen LogP contribution < -0.4 is 5.32 Å². The summed E-state index contributed by atoms with van der Waals surface area (Å²) in [6, 6.07) is -0.557. The minimum absolute atomic E-state index is 0.0136. The Morgan fingerprint density at radius 3 is 0.984 bits per heavy atom. The molecule has 6 heteroatoms. The second kappa shape index (κ2) is 52.5. The molecule has 0 rings (SSSR count). The van der Waals surface area contributed by atoms with Crippen LogP contribution in [0.2, 0.25) is 0 Å². The Kier molecular flexibility index (Phi) is 51.5. The number of aliphatic hydroxyl groups is 2. The first-order chi connectivity index (χ1) is 30.5. The summed E-state index contributed by atoms with van der Waals surface area (Å²) in [5.41, 5.74) is 0. The maximum Gasteiger partial charge on any atom is 0.305 e. The lowest BCUT2D eigenvalue weighted by Crippen LogP contribution is -2.45. The van der Waals surface area contributed by atoms with E-state index in [2.05, 4.69) is 19.2 Å². The Balaban J connectivity index is 3.44. The molecule has 0 saturated heterocycles. The van der Waals surface area contributed by atoms with Crippen LogP contribution in [0.15, 0.2) is 0 Å². The van der Waals surface area contributed by atoms with Gasteiger partial charge in [-0.3, -0.25) is 9.59 Å². The van der Waals surface area contributed by atoms with Gasteiger partial charge in [-0.1, -0.05) is 284 Å². The molecule has 0 aliphatic heterocycles. The van der Waals surface area contributed by atoms with Crippen LogP contribution in [-0.2, 0) is 14.3 Å². The molecular weight excluding hydrogens is 767 g/mol. The normalized spacial score (nSPS) is 12.5. The molecule has 0 fully saturated rings. The highest BCUT2D eigenvalue weighted by atomic mass is 16.5. The van der Waals surface area contributed by atoms with E-state index in [0.717, 1.165) is 57.8 Å². The van der Waals surface area contributed by atoms with Gasteiger partial charge in [-0.05, 0) is 25.7 Å². The molecule has 0 aromatic carbocycles. The highest BCUT2D eigenvalue weighted by molar-refractivity contribution is 5.76. The highest BCUT2D eigenvalue weighted by Crippen LogP contribution is 2.18. The Morgan fingerprint density at radius 1 is 0.387 bits per heavy atom. The van der Waals surface area contributed by atoms with Gasteiger partial charge in [-0.15, -0.1) is 0 Å². The van der Waals surface area contributed by atoms with Gasteiger partial charge in [-0.25, -0.2) is 0 Å². The molecule has 62 heavy (non-hydrogen) atoms. The summed E-state index contributed by atoms with van der Waals surface area (Å²) in [7, 11) is 0. The fourth-order valence-corrected chi connectivity index (χ4v) is 9.05. The quantitative estimate of drug-likeness (QED) is 0.0418. The fraction of sp³-hybridized carbons (Fsp3) is 0.964. The third-order valence-corrected chi connectivity index (χ3v) is 13.4. The number of nitrogens with one attached hydrogen (secondary N) is 1. The van der Waals surface area contributed by atoms with Gasteiger partial charge in [-0.2, -0.15) is 0 Å². The number of amides is 1. The molecule has 0 radical (unpaired) electrons. The first-order valence-corrected chi connectivity index (χ1v) is 28.3.